The van der Waals surface area contributed by atoms with E-state index in [9.17, 15) is 18.0 Å². The monoisotopic (exact) mass is 548 g/mol. The number of halogens is 3. The van der Waals surface area contributed by atoms with Gasteiger partial charge in [0.05, 0.1) is 21.8 Å². The van der Waals surface area contributed by atoms with Gasteiger partial charge < -0.3 is 10.6 Å². The van der Waals surface area contributed by atoms with Gasteiger partial charge >= 0.3 is 12.2 Å². The fraction of sp³-hybridized carbons (Fsp3) is 0.440. The summed E-state index contributed by atoms with van der Waals surface area (Å²) in [6.45, 7) is 9.28. The summed E-state index contributed by atoms with van der Waals surface area (Å²) >= 11 is 1.21. The van der Waals surface area contributed by atoms with Gasteiger partial charge in [-0.25, -0.2) is 19.7 Å². The van der Waals surface area contributed by atoms with Gasteiger partial charge in [0.25, 0.3) is 0 Å². The third-order valence-corrected chi connectivity index (χ3v) is 7.43. The fourth-order valence-corrected chi connectivity index (χ4v) is 5.22. The molecule has 3 aromatic rings. The lowest BCUT2D eigenvalue weighted by atomic mass is 10.0. The molecule has 2 amide bonds. The van der Waals surface area contributed by atoms with Crippen molar-refractivity contribution in [1.29, 1.82) is 0 Å². The minimum absolute atomic E-state index is 0.0474. The van der Waals surface area contributed by atoms with Gasteiger partial charge in [-0.05, 0) is 44.5 Å². The first-order valence-electron chi connectivity index (χ1n) is 12.3. The molecule has 1 aliphatic heterocycles. The minimum atomic E-state index is -4.55. The lowest BCUT2D eigenvalue weighted by Crippen LogP contribution is -2.48. The van der Waals surface area contributed by atoms with E-state index in [-0.39, 0.29) is 17.8 Å². The van der Waals surface area contributed by atoms with E-state index in [0.29, 0.717) is 41.6 Å². The molecular formula is C25H31F3N8OS. The number of carbonyl (C=O) groups excluding carboxylic acids is 1. The molecule has 0 aliphatic carbocycles. The van der Waals surface area contributed by atoms with Crippen molar-refractivity contribution < 1.29 is 18.0 Å². The lowest BCUT2D eigenvalue weighted by molar-refractivity contribution is -0.138. The third kappa shape index (κ3) is 6.77. The largest absolute Gasteiger partial charge is 0.416 e. The molecule has 9 nitrogen and oxygen atoms in total. The Kier molecular flexibility index (Phi) is 8.48. The summed E-state index contributed by atoms with van der Waals surface area (Å²) in [5.74, 6) is 0.448. The molecule has 38 heavy (non-hydrogen) atoms. The lowest BCUT2D eigenvalue weighted by Gasteiger charge is -2.37. The van der Waals surface area contributed by atoms with Gasteiger partial charge in [0, 0.05) is 57.7 Å². The predicted molar refractivity (Wildman–Crippen MR) is 143 cm³/mol. The van der Waals surface area contributed by atoms with E-state index in [0.717, 1.165) is 24.0 Å². The maximum absolute atomic E-state index is 13.9. The van der Waals surface area contributed by atoms with Gasteiger partial charge in [0.15, 0.2) is 5.13 Å². The van der Waals surface area contributed by atoms with E-state index >= 15 is 0 Å². The van der Waals surface area contributed by atoms with Crippen LogP contribution in [-0.4, -0.2) is 70.1 Å². The summed E-state index contributed by atoms with van der Waals surface area (Å²) in [5, 5.41) is 8.27. The Hall–Kier alpha value is -3.29. The van der Waals surface area contributed by atoms with Crippen LogP contribution < -0.4 is 16.0 Å². The van der Waals surface area contributed by atoms with Gasteiger partial charge in [-0.2, -0.15) is 13.2 Å². The predicted octanol–water partition coefficient (Wildman–Crippen LogP) is 5.14. The van der Waals surface area contributed by atoms with Crippen LogP contribution in [0.2, 0.25) is 0 Å². The summed E-state index contributed by atoms with van der Waals surface area (Å²) in [7, 11) is 1.71. The average molecular weight is 549 g/mol. The number of alkyl halides is 3. The Morgan fingerprint density at radius 1 is 1.11 bits per heavy atom. The number of hydrogen-bond donors (Lipinski definition) is 3. The molecule has 0 saturated carbocycles. The Morgan fingerprint density at radius 2 is 1.84 bits per heavy atom. The van der Waals surface area contributed by atoms with Gasteiger partial charge in [-0.1, -0.05) is 17.4 Å². The minimum Gasteiger partial charge on any atom is -0.357 e. The molecule has 4 rings (SSSR count). The van der Waals surface area contributed by atoms with Crippen molar-refractivity contribution in [2.45, 2.75) is 39.5 Å². The molecule has 204 valence electrons. The number of nitrogens with one attached hydrogen (secondary N) is 3. The molecule has 1 aliphatic rings. The summed E-state index contributed by atoms with van der Waals surface area (Å²) < 4.78 is 41.8. The zero-order chi connectivity index (χ0) is 27.4. The number of amides is 2. The normalized spacial score (nSPS) is 15.1. The van der Waals surface area contributed by atoms with Crippen molar-refractivity contribution in [2.75, 3.05) is 49.2 Å². The number of rotatable bonds is 7. The molecule has 2 aromatic heterocycles. The van der Waals surface area contributed by atoms with Crippen molar-refractivity contribution in [3.05, 3.63) is 47.3 Å². The summed E-state index contributed by atoms with van der Waals surface area (Å²) in [6, 6.07) is 5.38. The molecule has 1 saturated heterocycles. The van der Waals surface area contributed by atoms with Crippen LogP contribution in [-0.2, 0) is 12.7 Å². The van der Waals surface area contributed by atoms with E-state index < -0.39 is 17.8 Å². The molecule has 3 N–H and O–H groups in total. The summed E-state index contributed by atoms with van der Waals surface area (Å²) in [5.41, 5.74) is 0.782. The first kappa shape index (κ1) is 27.7. The van der Waals surface area contributed by atoms with Crippen LogP contribution in [0.4, 0.5) is 34.7 Å². The number of piperazine rings is 1. The molecule has 0 spiro atoms. The number of urea groups is 1. The molecule has 13 heteroatoms. The highest BCUT2D eigenvalue weighted by atomic mass is 32.1. The van der Waals surface area contributed by atoms with Crippen molar-refractivity contribution in [1.82, 2.24) is 24.8 Å². The van der Waals surface area contributed by atoms with Gasteiger partial charge in [-0.3, -0.25) is 15.1 Å². The maximum Gasteiger partial charge on any atom is 0.416 e. The maximum atomic E-state index is 13.9. The van der Waals surface area contributed by atoms with E-state index in [1.54, 1.807) is 26.2 Å². The van der Waals surface area contributed by atoms with Gasteiger partial charge in [-0.15, -0.1) is 0 Å². The Morgan fingerprint density at radius 3 is 2.50 bits per heavy atom. The number of thiazole rings is 1. The van der Waals surface area contributed by atoms with E-state index in [1.807, 2.05) is 4.90 Å². The topological polar surface area (TPSA) is 98.3 Å². The first-order valence-corrected chi connectivity index (χ1v) is 13.1. The number of aryl methyl sites for hydroxylation is 1. The van der Waals surface area contributed by atoms with E-state index in [1.165, 1.54) is 23.5 Å². The van der Waals surface area contributed by atoms with E-state index in [4.69, 9.17) is 0 Å². The molecular weight excluding hydrogens is 517 g/mol. The van der Waals surface area contributed by atoms with Crippen LogP contribution in [0.1, 0.15) is 30.7 Å². The second kappa shape index (κ2) is 11.6. The number of aromatic nitrogens is 3. The second-order valence-corrected chi connectivity index (χ2v) is 10.3. The van der Waals surface area contributed by atoms with Crippen molar-refractivity contribution >= 4 is 34.1 Å². The first-order chi connectivity index (χ1) is 18.0. The van der Waals surface area contributed by atoms with E-state index in [2.05, 4.69) is 49.6 Å². The standard InChI is InChI=1S/C25H31F3N8OS/c1-15(2)36-11-9-35(10-12-36)14-17-5-6-18(13-19(17)25(26,27)28)32-23(37)34-24-31-16(3)21(38-24)20-7-8-30-22(29-4)33-20/h5-8,13,15H,9-12,14H2,1-4H3,(H,29,30,33)(H2,31,32,34,37). The molecule has 1 fully saturated rings. The van der Waals surface area contributed by atoms with Crippen LogP contribution >= 0.6 is 11.3 Å². The highest BCUT2D eigenvalue weighted by molar-refractivity contribution is 7.19. The number of benzene rings is 1. The Balaban J connectivity index is 1.44. The third-order valence-electron chi connectivity index (χ3n) is 6.33. The van der Waals surface area contributed by atoms with Gasteiger partial charge in [0.2, 0.25) is 5.95 Å². The smallest absolute Gasteiger partial charge is 0.357 e. The second-order valence-electron chi connectivity index (χ2n) is 9.30. The molecule has 0 radical (unpaired) electrons. The Bertz CT molecular complexity index is 1270. The molecule has 0 bridgehead atoms. The van der Waals surface area contributed by atoms with Crippen LogP contribution in [0.5, 0.6) is 0 Å². The summed E-state index contributed by atoms with van der Waals surface area (Å²) in [6.07, 6.45) is -2.94. The molecule has 0 atom stereocenters. The van der Waals surface area contributed by atoms with Crippen molar-refractivity contribution in [3.8, 4) is 10.6 Å². The SMILES string of the molecule is CNc1nccc(-c2sc(NC(=O)Nc3ccc(CN4CCN(C(C)C)CC4)c(C(F)(F)F)c3)nc2C)n1. The molecule has 0 unspecified atom stereocenters. The zero-order valence-electron chi connectivity index (χ0n) is 21.7. The summed E-state index contributed by atoms with van der Waals surface area (Å²) in [4.78, 5) is 30.5. The number of hydrogen-bond acceptors (Lipinski definition) is 8. The number of anilines is 3. The average Bonchev–Trinajstić information content (AvgIpc) is 3.24. The van der Waals surface area contributed by atoms with Crippen LogP contribution in [0, 0.1) is 6.92 Å². The number of nitrogens with zero attached hydrogens (tertiary/aromatic N) is 5. The number of carbonyl (C=O) groups is 1. The molecule has 1 aromatic carbocycles. The van der Waals surface area contributed by atoms with Crippen molar-refractivity contribution in [2.24, 2.45) is 0 Å². The van der Waals surface area contributed by atoms with Gasteiger partial charge in [0.1, 0.15) is 0 Å². The van der Waals surface area contributed by atoms with Crippen LogP contribution in [0.15, 0.2) is 30.5 Å². The highest BCUT2D eigenvalue weighted by Gasteiger charge is 2.34. The quantitative estimate of drug-likeness (QED) is 0.376. The van der Waals surface area contributed by atoms with Crippen LogP contribution in [0.25, 0.3) is 10.6 Å². The van der Waals surface area contributed by atoms with Crippen LogP contribution in [0.3, 0.4) is 0 Å². The highest BCUT2D eigenvalue weighted by Crippen LogP contribution is 2.35. The Labute approximate surface area is 223 Å². The molecule has 3 heterocycles. The van der Waals surface area contributed by atoms with Crippen molar-refractivity contribution in [3.63, 3.8) is 0 Å². The zero-order valence-corrected chi connectivity index (χ0v) is 22.5. The fourth-order valence-electron chi connectivity index (χ4n) is 4.29.